The molecule has 6 heteroatoms. The summed E-state index contributed by atoms with van der Waals surface area (Å²) in [6.45, 7) is 3.81. The average Bonchev–Trinajstić information content (AvgIpc) is 2.63. The minimum absolute atomic E-state index is 0.0557. The standard InChI is InChI=1S/C17H25N5O/c23-17(20-7-6-15-4-2-1-3-5-15)22-12-10-21(11-13-22)16-14-18-8-9-19-16/h4,8-9,14H,1-3,5-7,10-13H2,(H,20,23). The molecule has 0 bridgehead atoms. The molecule has 1 aromatic rings. The van der Waals surface area contributed by atoms with E-state index in [0.717, 1.165) is 45.0 Å². The van der Waals surface area contributed by atoms with E-state index in [1.807, 2.05) is 4.90 Å². The smallest absolute Gasteiger partial charge is 0.317 e. The van der Waals surface area contributed by atoms with Gasteiger partial charge in [0.2, 0.25) is 0 Å². The van der Waals surface area contributed by atoms with Crippen LogP contribution in [0.2, 0.25) is 0 Å². The summed E-state index contributed by atoms with van der Waals surface area (Å²) in [5.41, 5.74) is 1.50. The van der Waals surface area contributed by atoms with Crippen molar-refractivity contribution in [3.05, 3.63) is 30.2 Å². The van der Waals surface area contributed by atoms with Gasteiger partial charge in [-0.15, -0.1) is 0 Å². The highest BCUT2D eigenvalue weighted by Gasteiger charge is 2.21. The lowest BCUT2D eigenvalue weighted by molar-refractivity contribution is 0.194. The molecule has 1 aromatic heterocycles. The van der Waals surface area contributed by atoms with Crippen LogP contribution in [0.15, 0.2) is 30.2 Å². The molecular formula is C17H25N5O. The molecule has 0 spiro atoms. The average molecular weight is 315 g/mol. The zero-order chi connectivity index (χ0) is 15.9. The van der Waals surface area contributed by atoms with Gasteiger partial charge in [-0.1, -0.05) is 11.6 Å². The Bertz CT molecular complexity index is 537. The number of carbonyl (C=O) groups is 1. The Balaban J connectivity index is 1.39. The van der Waals surface area contributed by atoms with Gasteiger partial charge in [0.15, 0.2) is 0 Å². The third-order valence-electron chi connectivity index (χ3n) is 4.55. The van der Waals surface area contributed by atoms with Gasteiger partial charge >= 0.3 is 6.03 Å². The molecule has 0 unspecified atom stereocenters. The van der Waals surface area contributed by atoms with Crippen LogP contribution >= 0.6 is 0 Å². The van der Waals surface area contributed by atoms with Crippen molar-refractivity contribution >= 4 is 11.8 Å². The quantitative estimate of drug-likeness (QED) is 0.865. The van der Waals surface area contributed by atoms with E-state index in [-0.39, 0.29) is 6.03 Å². The first-order chi connectivity index (χ1) is 11.3. The molecule has 1 saturated heterocycles. The Hall–Kier alpha value is -2.11. The van der Waals surface area contributed by atoms with E-state index < -0.39 is 0 Å². The third kappa shape index (κ3) is 4.43. The molecule has 2 amide bonds. The van der Waals surface area contributed by atoms with Crippen LogP contribution in [0, 0.1) is 0 Å². The molecule has 6 nitrogen and oxygen atoms in total. The Morgan fingerprint density at radius 2 is 2.04 bits per heavy atom. The molecule has 124 valence electrons. The number of nitrogens with one attached hydrogen (secondary N) is 1. The molecule has 2 heterocycles. The normalized spacial score (nSPS) is 18.5. The fourth-order valence-electron chi connectivity index (χ4n) is 3.17. The summed E-state index contributed by atoms with van der Waals surface area (Å²) < 4.78 is 0. The maximum atomic E-state index is 12.2. The Labute approximate surface area is 137 Å². The topological polar surface area (TPSA) is 61.4 Å². The SMILES string of the molecule is O=C(NCCC1=CCCCC1)N1CCN(c2cnccn2)CC1. The zero-order valence-corrected chi connectivity index (χ0v) is 13.6. The summed E-state index contributed by atoms with van der Waals surface area (Å²) in [6, 6.07) is 0.0557. The van der Waals surface area contributed by atoms with Crippen LogP contribution in [0.3, 0.4) is 0 Å². The fraction of sp³-hybridized carbons (Fsp3) is 0.588. The van der Waals surface area contributed by atoms with Gasteiger partial charge in [0, 0.05) is 45.1 Å². The van der Waals surface area contributed by atoms with Crippen molar-refractivity contribution < 1.29 is 4.79 Å². The van der Waals surface area contributed by atoms with Crippen molar-refractivity contribution in [1.82, 2.24) is 20.2 Å². The van der Waals surface area contributed by atoms with Gasteiger partial charge in [-0.05, 0) is 32.1 Å². The highest BCUT2D eigenvalue weighted by atomic mass is 16.2. The largest absolute Gasteiger partial charge is 0.352 e. The summed E-state index contributed by atoms with van der Waals surface area (Å²) in [5, 5.41) is 3.05. The number of carbonyl (C=O) groups excluding carboxylic acids is 1. The lowest BCUT2D eigenvalue weighted by Crippen LogP contribution is -2.52. The number of urea groups is 1. The molecule has 1 N–H and O–H groups in total. The summed E-state index contributed by atoms with van der Waals surface area (Å²) >= 11 is 0. The number of hydrogen-bond acceptors (Lipinski definition) is 4. The molecule has 2 aliphatic rings. The van der Waals surface area contributed by atoms with Gasteiger partial charge in [-0.2, -0.15) is 0 Å². The lowest BCUT2D eigenvalue weighted by Gasteiger charge is -2.35. The van der Waals surface area contributed by atoms with Gasteiger partial charge in [0.05, 0.1) is 6.20 Å². The van der Waals surface area contributed by atoms with Crippen molar-refractivity contribution in [2.24, 2.45) is 0 Å². The fourth-order valence-corrected chi connectivity index (χ4v) is 3.17. The van der Waals surface area contributed by atoms with Crippen molar-refractivity contribution in [3.63, 3.8) is 0 Å². The molecule has 3 rings (SSSR count). The van der Waals surface area contributed by atoms with Crippen LogP contribution in [0.4, 0.5) is 10.6 Å². The van der Waals surface area contributed by atoms with E-state index in [9.17, 15) is 4.79 Å². The second-order valence-corrected chi connectivity index (χ2v) is 6.13. The Kier molecular flexibility index (Phi) is 5.45. The number of allylic oxidation sites excluding steroid dienone is 1. The summed E-state index contributed by atoms with van der Waals surface area (Å²) in [6.07, 6.45) is 13.5. The molecule has 1 aliphatic heterocycles. The maximum absolute atomic E-state index is 12.2. The number of anilines is 1. The van der Waals surface area contributed by atoms with Crippen LogP contribution in [-0.4, -0.2) is 53.6 Å². The van der Waals surface area contributed by atoms with E-state index >= 15 is 0 Å². The first kappa shape index (κ1) is 15.8. The lowest BCUT2D eigenvalue weighted by atomic mass is 9.97. The highest BCUT2D eigenvalue weighted by Crippen LogP contribution is 2.19. The van der Waals surface area contributed by atoms with Gasteiger partial charge in [0.1, 0.15) is 5.82 Å². The Morgan fingerprint density at radius 3 is 2.74 bits per heavy atom. The number of hydrogen-bond donors (Lipinski definition) is 1. The van der Waals surface area contributed by atoms with Gasteiger partial charge in [-0.3, -0.25) is 4.98 Å². The van der Waals surface area contributed by atoms with Crippen molar-refractivity contribution in [1.29, 1.82) is 0 Å². The monoisotopic (exact) mass is 315 g/mol. The van der Waals surface area contributed by atoms with Gasteiger partial charge < -0.3 is 15.1 Å². The first-order valence-electron chi connectivity index (χ1n) is 8.54. The number of amides is 2. The minimum atomic E-state index is 0.0557. The zero-order valence-electron chi connectivity index (χ0n) is 13.6. The van der Waals surface area contributed by atoms with Crippen molar-refractivity contribution in [3.8, 4) is 0 Å². The van der Waals surface area contributed by atoms with Gasteiger partial charge in [0.25, 0.3) is 0 Å². The van der Waals surface area contributed by atoms with Crippen LogP contribution in [-0.2, 0) is 0 Å². The van der Waals surface area contributed by atoms with Crippen LogP contribution in [0.1, 0.15) is 32.1 Å². The minimum Gasteiger partial charge on any atom is -0.352 e. The van der Waals surface area contributed by atoms with Gasteiger partial charge in [-0.25, -0.2) is 9.78 Å². The Morgan fingerprint density at radius 1 is 1.17 bits per heavy atom. The number of rotatable bonds is 4. The van der Waals surface area contributed by atoms with E-state index in [1.54, 1.807) is 18.6 Å². The van der Waals surface area contributed by atoms with E-state index in [0.29, 0.717) is 0 Å². The molecule has 23 heavy (non-hydrogen) atoms. The van der Waals surface area contributed by atoms with E-state index in [2.05, 4.69) is 26.3 Å². The maximum Gasteiger partial charge on any atom is 0.317 e. The summed E-state index contributed by atoms with van der Waals surface area (Å²) in [5.74, 6) is 0.886. The molecule has 1 fully saturated rings. The van der Waals surface area contributed by atoms with Crippen molar-refractivity contribution in [2.75, 3.05) is 37.6 Å². The molecule has 0 atom stereocenters. The second-order valence-electron chi connectivity index (χ2n) is 6.13. The van der Waals surface area contributed by atoms with Crippen LogP contribution in [0.25, 0.3) is 0 Å². The van der Waals surface area contributed by atoms with E-state index in [1.165, 1.54) is 31.3 Å². The second kappa shape index (κ2) is 7.94. The predicted molar refractivity (Wildman–Crippen MR) is 90.4 cm³/mol. The summed E-state index contributed by atoms with van der Waals surface area (Å²) in [7, 11) is 0. The van der Waals surface area contributed by atoms with Crippen LogP contribution < -0.4 is 10.2 Å². The predicted octanol–water partition coefficient (Wildman–Crippen LogP) is 2.20. The molecular weight excluding hydrogens is 290 g/mol. The number of piperazine rings is 1. The van der Waals surface area contributed by atoms with E-state index in [4.69, 9.17) is 0 Å². The highest BCUT2D eigenvalue weighted by molar-refractivity contribution is 5.74. The third-order valence-corrected chi connectivity index (χ3v) is 4.55. The molecule has 0 radical (unpaired) electrons. The first-order valence-corrected chi connectivity index (χ1v) is 8.54. The van der Waals surface area contributed by atoms with Crippen molar-refractivity contribution in [2.45, 2.75) is 32.1 Å². The molecule has 1 aliphatic carbocycles. The van der Waals surface area contributed by atoms with Crippen LogP contribution in [0.5, 0.6) is 0 Å². The molecule has 0 saturated carbocycles. The molecule has 0 aromatic carbocycles. The number of nitrogens with zero attached hydrogens (tertiary/aromatic N) is 4. The number of aromatic nitrogens is 2. The summed E-state index contributed by atoms with van der Waals surface area (Å²) in [4.78, 5) is 24.7.